The van der Waals surface area contributed by atoms with Gasteiger partial charge in [0.2, 0.25) is 0 Å². The lowest BCUT2D eigenvalue weighted by Crippen LogP contribution is -2.32. The molecule has 0 heterocycles. The molecule has 0 aromatic rings. The predicted molar refractivity (Wildman–Crippen MR) is 47.4 cm³/mol. The van der Waals surface area contributed by atoms with Crippen molar-refractivity contribution in [3.05, 3.63) is 23.3 Å². The molecule has 1 aliphatic rings. The molecule has 0 bridgehead atoms. The molecule has 1 rings (SSSR count). The van der Waals surface area contributed by atoms with Crippen LogP contribution in [0.1, 0.15) is 0 Å². The normalized spacial score (nSPS) is 27.5. The number of alkyl halides is 1. The summed E-state index contributed by atoms with van der Waals surface area (Å²) >= 11 is 9.97. The van der Waals surface area contributed by atoms with Crippen molar-refractivity contribution < 1.29 is 22.3 Å². The fraction of sp³-hybridized carbons (Fsp3) is 0.286. The van der Waals surface area contributed by atoms with E-state index in [9.17, 15) is 17.6 Å². The van der Waals surface area contributed by atoms with Crippen LogP contribution in [0, 0.1) is 0 Å². The average molecular weight is 264 g/mol. The molecular weight excluding hydrogens is 261 g/mol. The zero-order chi connectivity index (χ0) is 11.8. The van der Waals surface area contributed by atoms with Crippen molar-refractivity contribution in [1.29, 1.82) is 0 Å². The molecule has 0 amide bonds. The highest BCUT2D eigenvalue weighted by Gasteiger charge is 2.49. The van der Waals surface area contributed by atoms with Gasteiger partial charge < -0.3 is 4.74 Å². The zero-order valence-corrected chi connectivity index (χ0v) is 8.64. The van der Waals surface area contributed by atoms with Crippen LogP contribution in [0.15, 0.2) is 27.8 Å². The summed E-state index contributed by atoms with van der Waals surface area (Å²) in [5.41, 5.74) is -1.29. The van der Waals surface area contributed by atoms with Crippen LogP contribution in [0.2, 0.25) is 0 Å². The first-order valence-electron chi connectivity index (χ1n) is 3.45. The van der Waals surface area contributed by atoms with Gasteiger partial charge in [-0.15, -0.1) is 0 Å². The van der Waals surface area contributed by atoms with E-state index in [1.165, 1.54) is 0 Å². The first kappa shape index (κ1) is 12.5. The van der Waals surface area contributed by atoms with Gasteiger partial charge in [-0.25, -0.2) is 17.6 Å². The van der Waals surface area contributed by atoms with E-state index in [0.29, 0.717) is 0 Å². The Labute approximate surface area is 91.9 Å². The third kappa shape index (κ3) is 1.66. The average Bonchev–Trinajstić information content (AvgIpc) is 2.24. The van der Waals surface area contributed by atoms with E-state index in [2.05, 4.69) is 9.25 Å². The summed E-state index contributed by atoms with van der Waals surface area (Å²) in [6.07, 6.45) is 0. The molecule has 2 nitrogen and oxygen atoms in total. The molecule has 0 saturated carbocycles. The van der Waals surface area contributed by atoms with E-state index in [1.54, 1.807) is 0 Å². The van der Waals surface area contributed by atoms with Gasteiger partial charge in [-0.3, -0.25) is 0 Å². The number of hydrogen-bond acceptors (Lipinski definition) is 2. The molecule has 0 unspecified atom stereocenters. The molecule has 0 spiro atoms. The highest BCUT2D eigenvalue weighted by atomic mass is 35.5. The Balaban J connectivity index is 3.47. The van der Waals surface area contributed by atoms with Crippen LogP contribution in [0.5, 0.6) is 0 Å². The highest BCUT2D eigenvalue weighted by Crippen LogP contribution is 2.44. The van der Waals surface area contributed by atoms with Crippen LogP contribution in [0.25, 0.3) is 0 Å². The monoisotopic (exact) mass is 263 g/mol. The minimum absolute atomic E-state index is 0.787. The Morgan fingerprint density at radius 2 is 1.53 bits per heavy atom. The molecule has 8 heteroatoms. The standard InChI is InChI=1S/C7H3Cl2F4NO/c1-15-7(8)5(12)2(10)4(14-9)3(11)6(7)13/h1H3. The van der Waals surface area contributed by atoms with Crippen molar-refractivity contribution in [3.8, 4) is 0 Å². The number of hydrogen-bond donors (Lipinski definition) is 0. The lowest BCUT2D eigenvalue weighted by atomic mass is 10.1. The van der Waals surface area contributed by atoms with Crippen molar-refractivity contribution in [2.75, 3.05) is 7.11 Å². The molecule has 15 heavy (non-hydrogen) atoms. The summed E-state index contributed by atoms with van der Waals surface area (Å²) in [7, 11) is 0.787. The maximum atomic E-state index is 13.2. The molecule has 1 aliphatic carbocycles. The summed E-state index contributed by atoms with van der Waals surface area (Å²) in [4.78, 5) is 0. The van der Waals surface area contributed by atoms with Crippen LogP contribution in [-0.4, -0.2) is 17.9 Å². The second-order valence-electron chi connectivity index (χ2n) is 2.49. The molecule has 84 valence electrons. The lowest BCUT2D eigenvalue weighted by Gasteiger charge is -2.25. The Morgan fingerprint density at radius 3 is 1.80 bits per heavy atom. The summed E-state index contributed by atoms with van der Waals surface area (Å²) in [6, 6.07) is 0. The Bertz CT molecular complexity index is 362. The molecule has 0 N–H and O–H groups in total. The number of methoxy groups -OCH3 is 1. The van der Waals surface area contributed by atoms with Gasteiger partial charge in [0, 0.05) is 18.9 Å². The van der Waals surface area contributed by atoms with E-state index >= 15 is 0 Å². The summed E-state index contributed by atoms with van der Waals surface area (Å²) in [5, 5.41) is -2.93. The second kappa shape index (κ2) is 4.11. The maximum absolute atomic E-state index is 13.2. The molecule has 0 saturated heterocycles. The number of nitrogens with zero attached hydrogens (tertiary/aromatic N) is 1. The van der Waals surface area contributed by atoms with E-state index in [-0.39, 0.29) is 0 Å². The smallest absolute Gasteiger partial charge is 0.252 e. The van der Waals surface area contributed by atoms with Crippen LogP contribution >= 0.6 is 23.4 Å². The number of ether oxygens (including phenoxy) is 1. The van der Waals surface area contributed by atoms with Crippen molar-refractivity contribution in [3.63, 3.8) is 0 Å². The summed E-state index contributed by atoms with van der Waals surface area (Å²) in [6.45, 7) is 0. The van der Waals surface area contributed by atoms with Crippen molar-refractivity contribution in [1.82, 2.24) is 0 Å². The van der Waals surface area contributed by atoms with Gasteiger partial charge in [0.05, 0.1) is 0 Å². The third-order valence-electron chi connectivity index (χ3n) is 1.73. The first-order chi connectivity index (χ1) is 6.90. The van der Waals surface area contributed by atoms with E-state index in [4.69, 9.17) is 23.4 Å². The van der Waals surface area contributed by atoms with Crippen molar-refractivity contribution in [2.24, 2.45) is 4.51 Å². The number of rotatable bonds is 1. The van der Waals surface area contributed by atoms with Gasteiger partial charge in [-0.1, -0.05) is 11.6 Å². The molecule has 0 aliphatic heterocycles. The molecule has 0 aromatic heterocycles. The molecular formula is C7H3Cl2F4NO. The van der Waals surface area contributed by atoms with E-state index in [0.717, 1.165) is 7.11 Å². The molecule has 0 radical (unpaired) electrons. The van der Waals surface area contributed by atoms with Crippen LogP contribution in [-0.2, 0) is 4.74 Å². The molecule has 0 aromatic carbocycles. The SMILES string of the molecule is COC1(Cl)C(F)=C(F)C(=NCl)C(F)=C1F. The second-order valence-corrected chi connectivity index (χ2v) is 3.19. The minimum Gasteiger partial charge on any atom is -0.351 e. The number of allylic oxidation sites excluding steroid dienone is 2. The van der Waals surface area contributed by atoms with Crippen molar-refractivity contribution in [2.45, 2.75) is 5.06 Å². The summed E-state index contributed by atoms with van der Waals surface area (Å²) in [5.74, 6) is -7.29. The topological polar surface area (TPSA) is 21.6 Å². The van der Waals surface area contributed by atoms with Crippen LogP contribution < -0.4 is 0 Å². The third-order valence-corrected chi connectivity index (χ3v) is 2.39. The maximum Gasteiger partial charge on any atom is 0.252 e. The lowest BCUT2D eigenvalue weighted by molar-refractivity contribution is 0.0786. The fourth-order valence-corrected chi connectivity index (χ4v) is 1.25. The van der Waals surface area contributed by atoms with Gasteiger partial charge in [0.1, 0.15) is 0 Å². The molecule has 0 atom stereocenters. The minimum atomic E-state index is -2.93. The predicted octanol–water partition coefficient (Wildman–Crippen LogP) is 3.48. The molecule has 0 fully saturated rings. The highest BCUT2D eigenvalue weighted by molar-refractivity contribution is 6.31. The Kier molecular flexibility index (Phi) is 3.42. The van der Waals surface area contributed by atoms with Crippen molar-refractivity contribution >= 4 is 29.1 Å². The van der Waals surface area contributed by atoms with Gasteiger partial charge in [-0.2, -0.15) is 4.51 Å². The largest absolute Gasteiger partial charge is 0.351 e. The zero-order valence-electron chi connectivity index (χ0n) is 7.12. The quantitative estimate of drug-likeness (QED) is 0.524. The van der Waals surface area contributed by atoms with Gasteiger partial charge in [0.25, 0.3) is 5.06 Å². The number of halogens is 6. The van der Waals surface area contributed by atoms with Crippen LogP contribution in [0.4, 0.5) is 17.6 Å². The Morgan fingerprint density at radius 1 is 1.13 bits per heavy atom. The van der Waals surface area contributed by atoms with Gasteiger partial charge in [0.15, 0.2) is 29.0 Å². The van der Waals surface area contributed by atoms with Gasteiger partial charge in [-0.05, 0) is 0 Å². The Hall–Kier alpha value is -0.590. The fourth-order valence-electron chi connectivity index (χ4n) is 0.936. The van der Waals surface area contributed by atoms with Gasteiger partial charge >= 0.3 is 0 Å². The van der Waals surface area contributed by atoms with E-state index < -0.39 is 34.1 Å². The summed E-state index contributed by atoms with van der Waals surface area (Å²) < 4.78 is 59.1. The van der Waals surface area contributed by atoms with E-state index in [1.807, 2.05) is 0 Å². The van der Waals surface area contributed by atoms with Crippen LogP contribution in [0.3, 0.4) is 0 Å². The first-order valence-corrected chi connectivity index (χ1v) is 4.17.